The lowest BCUT2D eigenvalue weighted by molar-refractivity contribution is 1.16. The third-order valence-corrected chi connectivity index (χ3v) is 3.24. The summed E-state index contributed by atoms with van der Waals surface area (Å²) < 4.78 is 0.916. The lowest BCUT2D eigenvalue weighted by atomic mass is 10.1. The van der Waals surface area contributed by atoms with Crippen LogP contribution in [0.25, 0.3) is 5.03 Å². The van der Waals surface area contributed by atoms with E-state index in [9.17, 15) is 0 Å². The van der Waals surface area contributed by atoms with Crippen molar-refractivity contribution in [1.82, 2.24) is 0 Å². The summed E-state index contributed by atoms with van der Waals surface area (Å²) in [4.78, 5) is 0. The first-order valence-corrected chi connectivity index (χ1v) is 5.82. The molecule has 0 fully saturated rings. The normalized spacial score (nSPS) is 11.9. The number of allylic oxidation sites excluding steroid dienone is 1. The summed E-state index contributed by atoms with van der Waals surface area (Å²) >= 11 is 9.61. The Bertz CT molecular complexity index is 443. The molecule has 0 bridgehead atoms. The van der Waals surface area contributed by atoms with Crippen molar-refractivity contribution < 1.29 is 0 Å². The molecule has 1 aromatic rings. The molecule has 1 aromatic carbocycles. The smallest absolute Gasteiger partial charge is 0.0962 e. The maximum Gasteiger partial charge on any atom is 0.0962 e. The summed E-state index contributed by atoms with van der Waals surface area (Å²) in [5.41, 5.74) is 2.62. The van der Waals surface area contributed by atoms with Gasteiger partial charge in [0.15, 0.2) is 0 Å². The molecule has 1 rings (SSSR count). The van der Waals surface area contributed by atoms with E-state index in [4.69, 9.17) is 16.9 Å². The van der Waals surface area contributed by atoms with Crippen molar-refractivity contribution in [3.63, 3.8) is 0 Å². The van der Waals surface area contributed by atoms with Crippen molar-refractivity contribution in [2.24, 2.45) is 0 Å². The van der Waals surface area contributed by atoms with Gasteiger partial charge in [0, 0.05) is 15.6 Å². The average Bonchev–Trinajstić information content (AvgIpc) is 2.23. The molecule has 0 unspecified atom stereocenters. The average molecular weight is 285 g/mol. The minimum absolute atomic E-state index is 0.538. The molecular weight excluding hydrogens is 273 g/mol. The summed E-state index contributed by atoms with van der Waals surface area (Å²) in [5.74, 6) is 0. The van der Waals surface area contributed by atoms with Gasteiger partial charge in [0.05, 0.1) is 11.1 Å². The molecule has 1 nitrogen and oxygen atoms in total. The molecule has 0 aliphatic rings. The van der Waals surface area contributed by atoms with Crippen LogP contribution in [0.2, 0.25) is 0 Å². The topological polar surface area (TPSA) is 23.8 Å². The van der Waals surface area contributed by atoms with E-state index in [-0.39, 0.29) is 0 Å². The highest BCUT2D eigenvalue weighted by Gasteiger charge is 2.08. The lowest BCUT2D eigenvalue weighted by Gasteiger charge is -2.06. The van der Waals surface area contributed by atoms with Crippen LogP contribution in [0, 0.1) is 18.3 Å². The van der Waals surface area contributed by atoms with Crippen LogP contribution in [0.15, 0.2) is 28.2 Å². The Kier molecular flexibility index (Phi) is 4.38. The van der Waals surface area contributed by atoms with Crippen LogP contribution >= 0.6 is 27.5 Å². The van der Waals surface area contributed by atoms with Crippen LogP contribution in [-0.4, -0.2) is 0 Å². The van der Waals surface area contributed by atoms with Crippen molar-refractivity contribution >= 4 is 32.6 Å². The van der Waals surface area contributed by atoms with Gasteiger partial charge < -0.3 is 0 Å². The molecule has 0 radical (unpaired) electrons. The SMILES string of the molecule is CC/C(C#N)=C(/Cl)c1cc(C)ccc1Br. The van der Waals surface area contributed by atoms with E-state index in [0.29, 0.717) is 17.0 Å². The molecule has 3 heteroatoms. The van der Waals surface area contributed by atoms with E-state index in [0.717, 1.165) is 15.6 Å². The summed E-state index contributed by atoms with van der Waals surface area (Å²) in [5, 5.41) is 9.45. The van der Waals surface area contributed by atoms with Gasteiger partial charge in [-0.3, -0.25) is 0 Å². The molecule has 0 aromatic heterocycles. The van der Waals surface area contributed by atoms with Gasteiger partial charge in [0.1, 0.15) is 0 Å². The molecule has 0 aliphatic heterocycles. The second kappa shape index (κ2) is 5.34. The Morgan fingerprint density at radius 2 is 2.20 bits per heavy atom. The molecule has 0 saturated heterocycles. The molecular formula is C12H11BrClN. The third kappa shape index (κ3) is 2.84. The van der Waals surface area contributed by atoms with E-state index in [1.54, 1.807) is 0 Å². The molecule has 0 spiro atoms. The molecule has 0 N–H and O–H groups in total. The van der Waals surface area contributed by atoms with E-state index in [1.165, 1.54) is 0 Å². The Balaban J connectivity index is 3.34. The monoisotopic (exact) mass is 283 g/mol. The molecule has 0 heterocycles. The van der Waals surface area contributed by atoms with E-state index in [2.05, 4.69) is 22.0 Å². The number of aryl methyl sites for hydroxylation is 1. The van der Waals surface area contributed by atoms with Crippen LogP contribution in [-0.2, 0) is 0 Å². The number of rotatable bonds is 2. The minimum atomic E-state index is 0.538. The predicted octanol–water partition coefficient (Wildman–Crippen LogP) is 4.64. The molecule has 0 atom stereocenters. The molecule has 0 saturated carbocycles. The molecule has 78 valence electrons. The standard InChI is InChI=1S/C12H11BrClN/c1-3-9(7-15)12(14)10-6-8(2)4-5-11(10)13/h4-6H,3H2,1-2H3/b12-9-. The Morgan fingerprint density at radius 3 is 2.73 bits per heavy atom. The fourth-order valence-electron chi connectivity index (χ4n) is 1.25. The Morgan fingerprint density at radius 1 is 1.53 bits per heavy atom. The summed E-state index contributed by atoms with van der Waals surface area (Å²) in [6, 6.07) is 8.03. The zero-order valence-electron chi connectivity index (χ0n) is 8.64. The zero-order chi connectivity index (χ0) is 11.4. The van der Waals surface area contributed by atoms with Crippen LogP contribution in [0.3, 0.4) is 0 Å². The van der Waals surface area contributed by atoms with E-state index in [1.807, 2.05) is 32.0 Å². The van der Waals surface area contributed by atoms with Gasteiger partial charge in [-0.15, -0.1) is 0 Å². The number of benzene rings is 1. The highest BCUT2D eigenvalue weighted by molar-refractivity contribution is 9.10. The minimum Gasteiger partial charge on any atom is -0.193 e. The highest BCUT2D eigenvalue weighted by Crippen LogP contribution is 2.31. The number of nitrogens with zero attached hydrogens (tertiary/aromatic N) is 1. The first-order chi connectivity index (χ1) is 7.10. The Hall–Kier alpha value is -0.780. The summed E-state index contributed by atoms with van der Waals surface area (Å²) in [7, 11) is 0. The van der Waals surface area contributed by atoms with Crippen molar-refractivity contribution in [3.8, 4) is 6.07 Å². The lowest BCUT2D eigenvalue weighted by Crippen LogP contribution is -1.87. The molecule has 0 aliphatic carbocycles. The number of halogens is 2. The second-order valence-electron chi connectivity index (χ2n) is 3.24. The van der Waals surface area contributed by atoms with Crippen LogP contribution in [0.1, 0.15) is 24.5 Å². The fraction of sp³-hybridized carbons (Fsp3) is 0.250. The van der Waals surface area contributed by atoms with Crippen LogP contribution in [0.5, 0.6) is 0 Å². The van der Waals surface area contributed by atoms with Crippen molar-refractivity contribution in [3.05, 3.63) is 39.4 Å². The maximum atomic E-state index is 8.91. The van der Waals surface area contributed by atoms with Gasteiger partial charge in [-0.25, -0.2) is 0 Å². The Labute approximate surface area is 103 Å². The number of hydrogen-bond acceptors (Lipinski definition) is 1. The summed E-state index contributed by atoms with van der Waals surface area (Å²) in [6.07, 6.45) is 0.649. The zero-order valence-corrected chi connectivity index (χ0v) is 11.0. The number of nitriles is 1. The number of hydrogen-bond donors (Lipinski definition) is 0. The summed E-state index contributed by atoms with van der Waals surface area (Å²) in [6.45, 7) is 3.92. The molecule has 15 heavy (non-hydrogen) atoms. The second-order valence-corrected chi connectivity index (χ2v) is 4.47. The first kappa shape index (κ1) is 12.3. The van der Waals surface area contributed by atoms with Gasteiger partial charge in [0.25, 0.3) is 0 Å². The van der Waals surface area contributed by atoms with Crippen LogP contribution in [0.4, 0.5) is 0 Å². The third-order valence-electron chi connectivity index (χ3n) is 2.11. The molecule has 0 amide bonds. The van der Waals surface area contributed by atoms with Crippen LogP contribution < -0.4 is 0 Å². The maximum absolute atomic E-state index is 8.91. The predicted molar refractivity (Wildman–Crippen MR) is 67.6 cm³/mol. The van der Waals surface area contributed by atoms with Gasteiger partial charge in [0.2, 0.25) is 0 Å². The van der Waals surface area contributed by atoms with Gasteiger partial charge in [-0.2, -0.15) is 5.26 Å². The highest BCUT2D eigenvalue weighted by atomic mass is 79.9. The van der Waals surface area contributed by atoms with E-state index >= 15 is 0 Å². The van der Waals surface area contributed by atoms with Gasteiger partial charge in [-0.05, 0) is 25.5 Å². The van der Waals surface area contributed by atoms with Crippen molar-refractivity contribution in [1.29, 1.82) is 5.26 Å². The quantitative estimate of drug-likeness (QED) is 0.726. The fourth-order valence-corrected chi connectivity index (χ4v) is 2.14. The van der Waals surface area contributed by atoms with Gasteiger partial charge in [-0.1, -0.05) is 46.1 Å². The largest absolute Gasteiger partial charge is 0.193 e. The first-order valence-electron chi connectivity index (χ1n) is 4.65. The van der Waals surface area contributed by atoms with Crippen molar-refractivity contribution in [2.45, 2.75) is 20.3 Å². The van der Waals surface area contributed by atoms with Gasteiger partial charge >= 0.3 is 0 Å². The van der Waals surface area contributed by atoms with Crippen molar-refractivity contribution in [2.75, 3.05) is 0 Å². The van der Waals surface area contributed by atoms with E-state index < -0.39 is 0 Å².